The van der Waals surface area contributed by atoms with E-state index >= 15 is 0 Å². The van der Waals surface area contributed by atoms with Crippen molar-refractivity contribution in [3.63, 3.8) is 0 Å². The van der Waals surface area contributed by atoms with Gasteiger partial charge in [0.2, 0.25) is 0 Å². The van der Waals surface area contributed by atoms with Gasteiger partial charge in [-0.15, -0.1) is 0 Å². The van der Waals surface area contributed by atoms with Crippen molar-refractivity contribution < 1.29 is 0 Å². The number of aromatic nitrogens is 3. The average Bonchev–Trinajstić information content (AvgIpc) is 2.90. The van der Waals surface area contributed by atoms with Crippen molar-refractivity contribution in [3.8, 4) is 0 Å². The Morgan fingerprint density at radius 2 is 2.10 bits per heavy atom. The first-order valence-corrected chi connectivity index (χ1v) is 7.52. The molecule has 0 aromatic carbocycles. The molecule has 0 spiro atoms. The largest absolute Gasteiger partial charge is 0.366 e. The number of hydrogen-bond acceptors (Lipinski definition) is 4. The van der Waals surface area contributed by atoms with E-state index in [1.54, 1.807) is 0 Å². The van der Waals surface area contributed by atoms with Crippen LogP contribution in [-0.4, -0.2) is 28.1 Å². The molecule has 0 saturated heterocycles. The summed E-state index contributed by atoms with van der Waals surface area (Å²) in [5, 5.41) is 3.45. The van der Waals surface area contributed by atoms with Gasteiger partial charge in [-0.1, -0.05) is 13.8 Å². The van der Waals surface area contributed by atoms with Crippen LogP contribution in [0.25, 0.3) is 0 Å². The molecule has 2 aromatic heterocycles. The number of pyridine rings is 1. The Labute approximate surface area is 127 Å². The molecule has 2 aromatic rings. The molecule has 0 radical (unpaired) electrons. The second kappa shape index (κ2) is 7.22. The van der Waals surface area contributed by atoms with E-state index in [1.807, 2.05) is 30.2 Å². The number of rotatable bonds is 7. The molecular formula is C16H25N5. The van der Waals surface area contributed by atoms with Gasteiger partial charge in [0.15, 0.2) is 0 Å². The van der Waals surface area contributed by atoms with Crippen LogP contribution in [0.5, 0.6) is 0 Å². The molecule has 0 aliphatic rings. The SMILES string of the molecule is CCNC(CC)c1ccc(N(C)Cc2nccn2C)cn1. The Morgan fingerprint density at radius 3 is 2.62 bits per heavy atom. The van der Waals surface area contributed by atoms with E-state index in [-0.39, 0.29) is 0 Å². The lowest BCUT2D eigenvalue weighted by molar-refractivity contribution is 0.525. The zero-order valence-corrected chi connectivity index (χ0v) is 13.4. The Balaban J connectivity index is 2.06. The van der Waals surface area contributed by atoms with Gasteiger partial charge in [0.1, 0.15) is 5.82 Å². The van der Waals surface area contributed by atoms with Crippen LogP contribution in [0, 0.1) is 0 Å². The average molecular weight is 287 g/mol. The van der Waals surface area contributed by atoms with Gasteiger partial charge in [-0.3, -0.25) is 4.98 Å². The minimum absolute atomic E-state index is 0.337. The van der Waals surface area contributed by atoms with Gasteiger partial charge in [-0.05, 0) is 25.1 Å². The second-order valence-electron chi connectivity index (χ2n) is 5.27. The molecule has 1 unspecified atom stereocenters. The zero-order chi connectivity index (χ0) is 15.2. The predicted octanol–water partition coefficient (Wildman–Crippen LogP) is 2.51. The minimum Gasteiger partial charge on any atom is -0.366 e. The summed E-state index contributed by atoms with van der Waals surface area (Å²) in [5.74, 6) is 1.04. The molecule has 0 saturated carbocycles. The van der Waals surface area contributed by atoms with Crippen molar-refractivity contribution in [1.29, 1.82) is 0 Å². The number of nitrogens with zero attached hydrogens (tertiary/aromatic N) is 4. The molecule has 1 atom stereocenters. The lowest BCUT2D eigenvalue weighted by Crippen LogP contribution is -2.22. The van der Waals surface area contributed by atoms with Gasteiger partial charge in [0, 0.05) is 32.5 Å². The summed E-state index contributed by atoms with van der Waals surface area (Å²) in [5.41, 5.74) is 2.21. The van der Waals surface area contributed by atoms with E-state index in [1.165, 1.54) is 0 Å². The van der Waals surface area contributed by atoms with Crippen molar-refractivity contribution >= 4 is 5.69 Å². The van der Waals surface area contributed by atoms with Crippen molar-refractivity contribution in [3.05, 3.63) is 42.2 Å². The molecule has 0 aliphatic heterocycles. The third kappa shape index (κ3) is 3.82. The summed E-state index contributed by atoms with van der Waals surface area (Å²) in [6, 6.07) is 4.58. The summed E-state index contributed by atoms with van der Waals surface area (Å²) in [6.45, 7) is 6.03. The lowest BCUT2D eigenvalue weighted by atomic mass is 10.1. The molecule has 1 N–H and O–H groups in total. The minimum atomic E-state index is 0.337. The fraction of sp³-hybridized carbons (Fsp3) is 0.500. The highest BCUT2D eigenvalue weighted by Crippen LogP contribution is 2.18. The quantitative estimate of drug-likeness (QED) is 0.850. The first-order chi connectivity index (χ1) is 10.2. The number of imidazole rings is 1. The summed E-state index contributed by atoms with van der Waals surface area (Å²) in [7, 11) is 4.08. The molecule has 114 valence electrons. The van der Waals surface area contributed by atoms with Gasteiger partial charge in [-0.2, -0.15) is 0 Å². The van der Waals surface area contributed by atoms with Crippen LogP contribution in [0.15, 0.2) is 30.7 Å². The van der Waals surface area contributed by atoms with E-state index < -0.39 is 0 Å². The fourth-order valence-corrected chi connectivity index (χ4v) is 2.39. The van der Waals surface area contributed by atoms with E-state index in [0.29, 0.717) is 6.04 Å². The van der Waals surface area contributed by atoms with Crippen molar-refractivity contribution in [2.75, 3.05) is 18.5 Å². The number of nitrogens with one attached hydrogen (secondary N) is 1. The fourth-order valence-electron chi connectivity index (χ4n) is 2.39. The maximum atomic E-state index is 4.61. The van der Waals surface area contributed by atoms with E-state index in [9.17, 15) is 0 Å². The molecule has 0 aliphatic carbocycles. The zero-order valence-electron chi connectivity index (χ0n) is 13.4. The molecule has 5 nitrogen and oxygen atoms in total. The van der Waals surface area contributed by atoms with Crippen molar-refractivity contribution in [2.24, 2.45) is 7.05 Å². The highest BCUT2D eigenvalue weighted by molar-refractivity contribution is 5.44. The maximum Gasteiger partial charge on any atom is 0.127 e. The summed E-state index contributed by atoms with van der Waals surface area (Å²) in [6.07, 6.45) is 6.78. The van der Waals surface area contributed by atoms with Gasteiger partial charge in [-0.25, -0.2) is 4.98 Å². The summed E-state index contributed by atoms with van der Waals surface area (Å²) >= 11 is 0. The molecule has 2 heterocycles. The van der Waals surface area contributed by atoms with Crippen LogP contribution in [0.1, 0.15) is 37.8 Å². The number of anilines is 1. The highest BCUT2D eigenvalue weighted by Gasteiger charge is 2.10. The van der Waals surface area contributed by atoms with Crippen molar-refractivity contribution in [1.82, 2.24) is 19.9 Å². The van der Waals surface area contributed by atoms with Gasteiger partial charge < -0.3 is 14.8 Å². The Hall–Kier alpha value is -1.88. The third-order valence-corrected chi connectivity index (χ3v) is 3.73. The molecule has 2 rings (SSSR count). The van der Waals surface area contributed by atoms with Crippen LogP contribution >= 0.6 is 0 Å². The van der Waals surface area contributed by atoms with E-state index in [0.717, 1.165) is 36.7 Å². The Kier molecular flexibility index (Phi) is 5.33. The number of aryl methyl sites for hydroxylation is 1. The van der Waals surface area contributed by atoms with Crippen LogP contribution in [0.2, 0.25) is 0 Å². The van der Waals surface area contributed by atoms with Crippen LogP contribution in [0.3, 0.4) is 0 Å². The van der Waals surface area contributed by atoms with Gasteiger partial charge in [0.05, 0.1) is 24.1 Å². The molecular weight excluding hydrogens is 262 g/mol. The highest BCUT2D eigenvalue weighted by atomic mass is 15.2. The Bertz CT molecular complexity index is 546. The molecule has 0 fully saturated rings. The monoisotopic (exact) mass is 287 g/mol. The predicted molar refractivity (Wildman–Crippen MR) is 86.3 cm³/mol. The van der Waals surface area contributed by atoms with Crippen LogP contribution in [0.4, 0.5) is 5.69 Å². The van der Waals surface area contributed by atoms with Crippen LogP contribution < -0.4 is 10.2 Å². The van der Waals surface area contributed by atoms with Gasteiger partial charge in [0.25, 0.3) is 0 Å². The van der Waals surface area contributed by atoms with E-state index in [4.69, 9.17) is 0 Å². The molecule has 5 heteroatoms. The standard InChI is InChI=1S/C16H25N5/c1-5-14(17-6-2)15-8-7-13(11-19-15)21(4)12-16-18-9-10-20(16)3/h7-11,14,17H,5-6,12H2,1-4H3. The third-order valence-electron chi connectivity index (χ3n) is 3.73. The van der Waals surface area contributed by atoms with E-state index in [2.05, 4.69) is 53.2 Å². The second-order valence-corrected chi connectivity index (χ2v) is 5.27. The van der Waals surface area contributed by atoms with Crippen molar-refractivity contribution in [2.45, 2.75) is 32.9 Å². The van der Waals surface area contributed by atoms with Crippen LogP contribution in [-0.2, 0) is 13.6 Å². The topological polar surface area (TPSA) is 46.0 Å². The lowest BCUT2D eigenvalue weighted by Gasteiger charge is -2.20. The molecule has 21 heavy (non-hydrogen) atoms. The summed E-state index contributed by atoms with van der Waals surface area (Å²) < 4.78 is 2.04. The summed E-state index contributed by atoms with van der Waals surface area (Å²) in [4.78, 5) is 11.1. The molecule has 0 bridgehead atoms. The first-order valence-electron chi connectivity index (χ1n) is 7.52. The Morgan fingerprint density at radius 1 is 1.29 bits per heavy atom. The normalized spacial score (nSPS) is 12.4. The maximum absolute atomic E-state index is 4.61. The number of hydrogen-bond donors (Lipinski definition) is 1. The smallest absolute Gasteiger partial charge is 0.127 e. The molecule has 0 amide bonds. The van der Waals surface area contributed by atoms with Gasteiger partial charge >= 0.3 is 0 Å². The first kappa shape index (κ1) is 15.5.